The fraction of sp³-hybridized carbons (Fsp3) is 0.368. The molecule has 1 amide bonds. The van der Waals surface area contributed by atoms with Gasteiger partial charge in [-0.05, 0) is 25.0 Å². The molecule has 10 heteroatoms. The van der Waals surface area contributed by atoms with Crippen LogP contribution in [0.1, 0.15) is 23.2 Å². The normalized spacial score (nSPS) is 14.9. The number of carbonyl (C=O) groups excluding carboxylic acids is 1. The topological polar surface area (TPSA) is 105 Å². The van der Waals surface area contributed by atoms with Crippen LogP contribution in [-0.4, -0.2) is 62.9 Å². The highest BCUT2D eigenvalue weighted by molar-refractivity contribution is 5.99. The summed E-state index contributed by atoms with van der Waals surface area (Å²) in [5, 5.41) is 16.8. The Bertz CT molecular complexity index is 987. The maximum absolute atomic E-state index is 12.8. The van der Waals surface area contributed by atoms with E-state index in [0.29, 0.717) is 11.2 Å². The van der Waals surface area contributed by atoms with E-state index < -0.39 is 11.9 Å². The molecule has 3 aromatic rings. The zero-order chi connectivity index (χ0) is 20.2. The number of aromatic nitrogens is 4. The van der Waals surface area contributed by atoms with Gasteiger partial charge in [-0.25, -0.2) is 18.9 Å². The molecule has 0 aromatic carbocycles. The Morgan fingerprint density at radius 3 is 2.86 bits per heavy atom. The summed E-state index contributed by atoms with van der Waals surface area (Å²) in [5.74, 6) is 0.160. The van der Waals surface area contributed by atoms with Gasteiger partial charge in [0.05, 0.1) is 12.4 Å². The van der Waals surface area contributed by atoms with Gasteiger partial charge in [0.2, 0.25) is 5.88 Å². The average molecular weight is 400 g/mol. The fourth-order valence-corrected chi connectivity index (χ4v) is 3.14. The molecule has 3 aromatic heterocycles. The number of hydrogen-bond acceptors (Lipinski definition) is 7. The van der Waals surface area contributed by atoms with E-state index in [9.17, 15) is 14.3 Å². The van der Waals surface area contributed by atoms with Gasteiger partial charge in [-0.1, -0.05) is 0 Å². The number of hydrogen-bond donors (Lipinski definition) is 2. The molecule has 152 valence electrons. The molecule has 1 saturated heterocycles. The van der Waals surface area contributed by atoms with Gasteiger partial charge in [-0.3, -0.25) is 4.79 Å². The van der Waals surface area contributed by atoms with Crippen LogP contribution < -0.4 is 15.0 Å². The number of fused-ring (bicyclic) bond motifs is 1. The summed E-state index contributed by atoms with van der Waals surface area (Å²) in [4.78, 5) is 23.1. The van der Waals surface area contributed by atoms with Crippen molar-refractivity contribution in [2.24, 2.45) is 0 Å². The highest BCUT2D eigenvalue weighted by atomic mass is 19.1. The molecule has 0 bridgehead atoms. The largest absolute Gasteiger partial charge is 0.475 e. The molecule has 9 nitrogen and oxygen atoms in total. The van der Waals surface area contributed by atoms with Gasteiger partial charge < -0.3 is 20.1 Å². The van der Waals surface area contributed by atoms with E-state index in [4.69, 9.17) is 4.74 Å². The van der Waals surface area contributed by atoms with E-state index >= 15 is 0 Å². The zero-order valence-corrected chi connectivity index (χ0v) is 15.7. The monoisotopic (exact) mass is 400 g/mol. The Kier molecular flexibility index (Phi) is 5.52. The quantitative estimate of drug-likeness (QED) is 0.610. The first-order chi connectivity index (χ1) is 14.1. The lowest BCUT2D eigenvalue weighted by Gasteiger charge is -2.16. The second-order valence-electron chi connectivity index (χ2n) is 6.80. The Labute approximate surface area is 166 Å². The van der Waals surface area contributed by atoms with Crippen LogP contribution in [-0.2, 0) is 0 Å². The summed E-state index contributed by atoms with van der Waals surface area (Å²) in [7, 11) is 0. The Morgan fingerprint density at radius 1 is 1.28 bits per heavy atom. The van der Waals surface area contributed by atoms with Gasteiger partial charge in [0, 0.05) is 31.9 Å². The molecule has 0 spiro atoms. The Balaban J connectivity index is 1.35. The van der Waals surface area contributed by atoms with Crippen LogP contribution in [0.15, 0.2) is 36.8 Å². The van der Waals surface area contributed by atoms with Crippen molar-refractivity contribution in [1.82, 2.24) is 24.9 Å². The lowest BCUT2D eigenvalue weighted by Crippen LogP contribution is -2.35. The lowest BCUT2D eigenvalue weighted by atomic mass is 10.3. The van der Waals surface area contributed by atoms with Crippen molar-refractivity contribution in [1.29, 1.82) is 0 Å². The molecule has 0 radical (unpaired) electrons. The van der Waals surface area contributed by atoms with Gasteiger partial charge in [-0.2, -0.15) is 5.10 Å². The number of amides is 1. The standard InChI is InChI=1S/C19H21FN6O3/c20-13-3-4-17(21-9-13)29-12-14(27)10-22-19(28)15-11-23-26-8-5-16(24-18(15)26)25-6-1-2-7-25/h3-5,8-9,11,14,27H,1-2,6-7,10,12H2,(H,22,28). The summed E-state index contributed by atoms with van der Waals surface area (Å²) < 4.78 is 19.6. The molecule has 1 aliphatic heterocycles. The predicted molar refractivity (Wildman–Crippen MR) is 102 cm³/mol. The predicted octanol–water partition coefficient (Wildman–Crippen LogP) is 1.03. The van der Waals surface area contributed by atoms with Crippen LogP contribution in [0.25, 0.3) is 5.65 Å². The molecule has 2 N–H and O–H groups in total. The van der Waals surface area contributed by atoms with Crippen molar-refractivity contribution in [2.75, 3.05) is 31.1 Å². The van der Waals surface area contributed by atoms with Crippen molar-refractivity contribution < 1.29 is 19.0 Å². The van der Waals surface area contributed by atoms with Crippen LogP contribution in [0, 0.1) is 5.82 Å². The molecule has 1 fully saturated rings. The number of rotatable bonds is 7. The molecule has 0 saturated carbocycles. The second kappa shape index (κ2) is 8.39. The van der Waals surface area contributed by atoms with Gasteiger partial charge >= 0.3 is 0 Å². The summed E-state index contributed by atoms with van der Waals surface area (Å²) in [5.41, 5.74) is 0.799. The van der Waals surface area contributed by atoms with E-state index in [2.05, 4.69) is 25.3 Å². The van der Waals surface area contributed by atoms with Crippen molar-refractivity contribution in [3.8, 4) is 5.88 Å². The second-order valence-corrected chi connectivity index (χ2v) is 6.80. The minimum atomic E-state index is -0.958. The summed E-state index contributed by atoms with van der Waals surface area (Å²) in [6.45, 7) is 1.79. The molecule has 0 aliphatic carbocycles. The van der Waals surface area contributed by atoms with E-state index in [1.54, 1.807) is 10.7 Å². The minimum absolute atomic E-state index is 0.0246. The number of aliphatic hydroxyl groups is 1. The van der Waals surface area contributed by atoms with Gasteiger partial charge in [0.1, 0.15) is 29.9 Å². The summed E-state index contributed by atoms with van der Waals surface area (Å²) in [6.07, 6.45) is 5.57. The first kappa shape index (κ1) is 19.1. The van der Waals surface area contributed by atoms with Crippen LogP contribution in [0.3, 0.4) is 0 Å². The Morgan fingerprint density at radius 2 is 2.10 bits per heavy atom. The highest BCUT2D eigenvalue weighted by Gasteiger charge is 2.19. The third kappa shape index (κ3) is 4.43. The van der Waals surface area contributed by atoms with Crippen molar-refractivity contribution in [3.63, 3.8) is 0 Å². The first-order valence-corrected chi connectivity index (χ1v) is 9.40. The number of anilines is 1. The number of nitrogens with one attached hydrogen (secondary N) is 1. The number of aliphatic hydroxyl groups excluding tert-OH is 1. The Hall–Kier alpha value is -3.27. The molecule has 1 atom stereocenters. The van der Waals surface area contributed by atoms with Crippen molar-refractivity contribution in [2.45, 2.75) is 18.9 Å². The molecular formula is C19H21FN6O3. The average Bonchev–Trinajstić information content (AvgIpc) is 3.41. The van der Waals surface area contributed by atoms with Gasteiger partial charge in [0.15, 0.2) is 5.65 Å². The first-order valence-electron chi connectivity index (χ1n) is 9.40. The van der Waals surface area contributed by atoms with E-state index in [1.165, 1.54) is 18.3 Å². The minimum Gasteiger partial charge on any atom is -0.475 e. The number of carbonyl (C=O) groups is 1. The summed E-state index contributed by atoms with van der Waals surface area (Å²) in [6, 6.07) is 4.46. The van der Waals surface area contributed by atoms with Crippen molar-refractivity contribution in [3.05, 3.63) is 48.2 Å². The van der Waals surface area contributed by atoms with Crippen LogP contribution in [0.5, 0.6) is 5.88 Å². The number of pyridine rings is 1. The molecule has 1 aliphatic rings. The van der Waals surface area contributed by atoms with Crippen LogP contribution >= 0.6 is 0 Å². The fourth-order valence-electron chi connectivity index (χ4n) is 3.14. The van der Waals surface area contributed by atoms with Crippen molar-refractivity contribution >= 4 is 17.4 Å². The highest BCUT2D eigenvalue weighted by Crippen LogP contribution is 2.19. The van der Waals surface area contributed by atoms with E-state index in [0.717, 1.165) is 37.9 Å². The lowest BCUT2D eigenvalue weighted by molar-refractivity contribution is 0.0837. The van der Waals surface area contributed by atoms with Crippen LogP contribution in [0.2, 0.25) is 0 Å². The molecule has 4 heterocycles. The maximum atomic E-state index is 12.8. The SMILES string of the molecule is O=C(NCC(O)COc1ccc(F)cn1)c1cnn2ccc(N3CCCC3)nc12. The smallest absolute Gasteiger partial charge is 0.256 e. The van der Waals surface area contributed by atoms with Gasteiger partial charge in [0.25, 0.3) is 5.91 Å². The molecular weight excluding hydrogens is 379 g/mol. The van der Waals surface area contributed by atoms with E-state index in [1.807, 2.05) is 6.07 Å². The molecule has 29 heavy (non-hydrogen) atoms. The molecule has 1 unspecified atom stereocenters. The van der Waals surface area contributed by atoms with E-state index in [-0.39, 0.29) is 24.9 Å². The number of halogens is 1. The molecule has 4 rings (SSSR count). The maximum Gasteiger partial charge on any atom is 0.256 e. The third-order valence-electron chi connectivity index (χ3n) is 4.65. The third-order valence-corrected chi connectivity index (χ3v) is 4.65. The zero-order valence-electron chi connectivity index (χ0n) is 15.7. The number of ether oxygens (including phenoxy) is 1. The van der Waals surface area contributed by atoms with Crippen LogP contribution in [0.4, 0.5) is 10.2 Å². The summed E-state index contributed by atoms with van der Waals surface area (Å²) >= 11 is 0. The van der Waals surface area contributed by atoms with Gasteiger partial charge in [-0.15, -0.1) is 0 Å². The number of nitrogens with zero attached hydrogens (tertiary/aromatic N) is 5.